The van der Waals surface area contributed by atoms with Crippen molar-refractivity contribution in [3.63, 3.8) is 0 Å². The summed E-state index contributed by atoms with van der Waals surface area (Å²) < 4.78 is 0. The number of hydrogen-bond acceptors (Lipinski definition) is 0. The zero-order valence-electron chi connectivity index (χ0n) is 6.56. The maximum absolute atomic E-state index is 3.06. The van der Waals surface area contributed by atoms with Gasteiger partial charge in [-0.2, -0.15) is 0 Å². The number of H-pyrrole nitrogens is 1. The van der Waals surface area contributed by atoms with Crippen molar-refractivity contribution in [1.29, 1.82) is 0 Å². The summed E-state index contributed by atoms with van der Waals surface area (Å²) in [6.07, 6.45) is 9.29. The molecule has 0 amide bonds. The second kappa shape index (κ2) is 4.15. The van der Waals surface area contributed by atoms with Gasteiger partial charge in [0.25, 0.3) is 0 Å². The predicted octanol–water partition coefficient (Wildman–Crippen LogP) is 2.75. The largest absolute Gasteiger partial charge is 0.367 e. The Hall–Kier alpha value is -0.720. The molecule has 0 aliphatic carbocycles. The molecule has 0 aliphatic heterocycles. The van der Waals surface area contributed by atoms with E-state index in [9.17, 15) is 0 Å². The summed E-state index contributed by atoms with van der Waals surface area (Å²) in [5, 5.41) is 0. The lowest BCUT2D eigenvalue weighted by Gasteiger charge is -1.93. The maximum atomic E-state index is 3.06. The molecule has 0 bridgehead atoms. The third-order valence-electron chi connectivity index (χ3n) is 1.73. The van der Waals surface area contributed by atoms with Gasteiger partial charge in [-0.15, -0.1) is 0 Å². The minimum Gasteiger partial charge on any atom is -0.367 e. The first-order chi connectivity index (χ1) is 4.93. The Morgan fingerprint density at radius 1 is 1.40 bits per heavy atom. The molecule has 0 radical (unpaired) electrons. The lowest BCUT2D eigenvalue weighted by atomic mass is 10.1. The second-order valence-electron chi connectivity index (χ2n) is 2.68. The Balaban J connectivity index is 2.15. The second-order valence-corrected chi connectivity index (χ2v) is 2.68. The van der Waals surface area contributed by atoms with Crippen LogP contribution in [0.3, 0.4) is 0 Å². The molecular formula is C9H15N. The molecule has 56 valence electrons. The minimum atomic E-state index is 1.23. The van der Waals surface area contributed by atoms with Gasteiger partial charge in [-0.25, -0.2) is 0 Å². The summed E-state index contributed by atoms with van der Waals surface area (Å²) in [5.41, 5.74) is 1.44. The minimum absolute atomic E-state index is 1.23. The molecule has 0 saturated carbocycles. The highest BCUT2D eigenvalue weighted by Gasteiger charge is 1.90. The number of nitrogens with one attached hydrogen (secondary N) is 1. The van der Waals surface area contributed by atoms with Crippen molar-refractivity contribution in [3.05, 3.63) is 24.0 Å². The molecule has 1 heterocycles. The van der Waals surface area contributed by atoms with Gasteiger partial charge in [-0.05, 0) is 24.5 Å². The van der Waals surface area contributed by atoms with Crippen LogP contribution in [0, 0.1) is 0 Å². The Labute approximate surface area is 62.5 Å². The highest BCUT2D eigenvalue weighted by atomic mass is 14.6. The molecule has 1 rings (SSSR count). The zero-order chi connectivity index (χ0) is 7.23. The van der Waals surface area contributed by atoms with Crippen LogP contribution in [0.15, 0.2) is 18.5 Å². The van der Waals surface area contributed by atoms with Crippen LogP contribution in [0.5, 0.6) is 0 Å². The van der Waals surface area contributed by atoms with Gasteiger partial charge in [0, 0.05) is 12.4 Å². The van der Waals surface area contributed by atoms with Crippen molar-refractivity contribution in [2.24, 2.45) is 0 Å². The van der Waals surface area contributed by atoms with Crippen LogP contribution >= 0.6 is 0 Å². The van der Waals surface area contributed by atoms with E-state index in [-0.39, 0.29) is 0 Å². The molecule has 1 aromatic heterocycles. The summed E-state index contributed by atoms with van der Waals surface area (Å²) in [7, 11) is 0. The van der Waals surface area contributed by atoms with Crippen LogP contribution in [0.25, 0.3) is 0 Å². The van der Waals surface area contributed by atoms with Crippen molar-refractivity contribution >= 4 is 0 Å². The quantitative estimate of drug-likeness (QED) is 0.614. The monoisotopic (exact) mass is 137 g/mol. The molecule has 0 saturated heterocycles. The zero-order valence-corrected chi connectivity index (χ0v) is 6.56. The molecule has 0 aromatic carbocycles. The van der Waals surface area contributed by atoms with Crippen molar-refractivity contribution in [3.8, 4) is 0 Å². The van der Waals surface area contributed by atoms with E-state index in [1.54, 1.807) is 0 Å². The third-order valence-corrected chi connectivity index (χ3v) is 1.73. The number of aromatic amines is 1. The lowest BCUT2D eigenvalue weighted by Crippen LogP contribution is -1.80. The smallest absolute Gasteiger partial charge is 0.00373 e. The lowest BCUT2D eigenvalue weighted by molar-refractivity contribution is 0.718. The summed E-state index contributed by atoms with van der Waals surface area (Å²) in [6, 6.07) is 2.15. The number of rotatable bonds is 4. The fourth-order valence-electron chi connectivity index (χ4n) is 1.09. The van der Waals surface area contributed by atoms with Gasteiger partial charge in [-0.1, -0.05) is 19.8 Å². The molecule has 1 nitrogen and oxygen atoms in total. The van der Waals surface area contributed by atoms with Gasteiger partial charge in [-0.3, -0.25) is 0 Å². The molecular weight excluding hydrogens is 122 g/mol. The molecule has 0 atom stereocenters. The van der Waals surface area contributed by atoms with Gasteiger partial charge in [0.2, 0.25) is 0 Å². The van der Waals surface area contributed by atoms with Crippen molar-refractivity contribution in [1.82, 2.24) is 4.98 Å². The number of unbranched alkanes of at least 4 members (excludes halogenated alkanes) is 2. The third kappa shape index (κ3) is 2.26. The Bertz CT molecular complexity index is 153. The fraction of sp³-hybridized carbons (Fsp3) is 0.556. The molecule has 1 aromatic rings. The van der Waals surface area contributed by atoms with Crippen LogP contribution in [0.4, 0.5) is 0 Å². The van der Waals surface area contributed by atoms with Gasteiger partial charge < -0.3 is 4.98 Å². The first-order valence-electron chi connectivity index (χ1n) is 4.05. The molecule has 0 unspecified atom stereocenters. The molecule has 10 heavy (non-hydrogen) atoms. The SMILES string of the molecule is CCCCCc1cc[nH]c1. The van der Waals surface area contributed by atoms with Gasteiger partial charge >= 0.3 is 0 Å². The van der Waals surface area contributed by atoms with Gasteiger partial charge in [0.05, 0.1) is 0 Å². The van der Waals surface area contributed by atoms with Crippen LogP contribution < -0.4 is 0 Å². The van der Waals surface area contributed by atoms with E-state index in [1.807, 2.05) is 6.20 Å². The summed E-state index contributed by atoms with van der Waals surface area (Å²) >= 11 is 0. The maximum Gasteiger partial charge on any atom is 0.00373 e. The van der Waals surface area contributed by atoms with Crippen molar-refractivity contribution < 1.29 is 0 Å². The Kier molecular flexibility index (Phi) is 3.07. The summed E-state index contributed by atoms with van der Waals surface area (Å²) in [6.45, 7) is 2.23. The topological polar surface area (TPSA) is 15.8 Å². The van der Waals surface area contributed by atoms with Crippen LogP contribution in [0.2, 0.25) is 0 Å². The normalized spacial score (nSPS) is 10.1. The first kappa shape index (κ1) is 7.39. The van der Waals surface area contributed by atoms with E-state index < -0.39 is 0 Å². The standard InChI is InChI=1S/C9H15N/c1-2-3-4-5-9-6-7-10-8-9/h6-8,10H,2-5H2,1H3. The highest BCUT2D eigenvalue weighted by Crippen LogP contribution is 2.04. The molecule has 0 aliphatic rings. The number of aromatic nitrogens is 1. The molecule has 0 spiro atoms. The predicted molar refractivity (Wildman–Crippen MR) is 44.0 cm³/mol. The van der Waals surface area contributed by atoms with E-state index in [1.165, 1.54) is 31.2 Å². The number of hydrogen-bond donors (Lipinski definition) is 1. The fourth-order valence-corrected chi connectivity index (χ4v) is 1.09. The number of aryl methyl sites for hydroxylation is 1. The van der Waals surface area contributed by atoms with E-state index in [2.05, 4.69) is 24.2 Å². The van der Waals surface area contributed by atoms with Crippen LogP contribution in [-0.4, -0.2) is 4.98 Å². The molecule has 0 fully saturated rings. The van der Waals surface area contributed by atoms with Crippen LogP contribution in [-0.2, 0) is 6.42 Å². The van der Waals surface area contributed by atoms with Gasteiger partial charge in [0.1, 0.15) is 0 Å². The first-order valence-corrected chi connectivity index (χ1v) is 4.05. The summed E-state index contributed by atoms with van der Waals surface area (Å²) in [5.74, 6) is 0. The Morgan fingerprint density at radius 2 is 2.30 bits per heavy atom. The van der Waals surface area contributed by atoms with E-state index in [4.69, 9.17) is 0 Å². The van der Waals surface area contributed by atoms with Crippen LogP contribution in [0.1, 0.15) is 31.7 Å². The average Bonchev–Trinajstić information content (AvgIpc) is 2.41. The molecule has 1 N–H and O–H groups in total. The van der Waals surface area contributed by atoms with Crippen molar-refractivity contribution in [2.75, 3.05) is 0 Å². The average molecular weight is 137 g/mol. The van der Waals surface area contributed by atoms with Gasteiger partial charge in [0.15, 0.2) is 0 Å². The highest BCUT2D eigenvalue weighted by molar-refractivity contribution is 5.07. The molecule has 1 heteroatoms. The van der Waals surface area contributed by atoms with E-state index in [0.29, 0.717) is 0 Å². The van der Waals surface area contributed by atoms with E-state index >= 15 is 0 Å². The Morgan fingerprint density at radius 3 is 2.90 bits per heavy atom. The van der Waals surface area contributed by atoms with E-state index in [0.717, 1.165) is 0 Å². The van der Waals surface area contributed by atoms with Crippen molar-refractivity contribution in [2.45, 2.75) is 32.6 Å². The summed E-state index contributed by atoms with van der Waals surface area (Å²) in [4.78, 5) is 3.06.